The van der Waals surface area contributed by atoms with Crippen molar-refractivity contribution in [2.45, 2.75) is 27.7 Å². The van der Waals surface area contributed by atoms with Crippen molar-refractivity contribution in [2.75, 3.05) is 13.7 Å². The van der Waals surface area contributed by atoms with Gasteiger partial charge in [-0.2, -0.15) is 0 Å². The molecule has 0 aromatic heterocycles. The fraction of sp³-hybridized carbons (Fsp3) is 0.533. The van der Waals surface area contributed by atoms with Crippen LogP contribution in [0.4, 0.5) is 0 Å². The van der Waals surface area contributed by atoms with Gasteiger partial charge in [0.15, 0.2) is 0 Å². The average molecular weight is 328 g/mol. The lowest BCUT2D eigenvalue weighted by Crippen LogP contribution is -2.33. The van der Waals surface area contributed by atoms with Crippen LogP contribution in [0.2, 0.25) is 0 Å². The van der Waals surface area contributed by atoms with Crippen molar-refractivity contribution < 1.29 is 9.53 Å². The minimum absolute atomic E-state index is 0.0816. The first-order valence-corrected chi connectivity index (χ1v) is 7.16. The Bertz CT molecular complexity index is 452. The number of ether oxygens (including phenoxy) is 1. The van der Waals surface area contributed by atoms with Crippen molar-refractivity contribution >= 4 is 21.8 Å². The summed E-state index contributed by atoms with van der Waals surface area (Å²) in [6, 6.07) is 5.38. The smallest absolute Gasteiger partial charge is 0.252 e. The normalized spacial score (nSPS) is 12.9. The first-order valence-electron chi connectivity index (χ1n) is 6.37. The summed E-state index contributed by atoms with van der Waals surface area (Å²) in [7, 11) is 1.59. The predicted octanol–water partition coefficient (Wildman–Crippen LogP) is 3.87. The van der Waals surface area contributed by atoms with E-state index in [9.17, 15) is 4.79 Å². The summed E-state index contributed by atoms with van der Waals surface area (Å²) in [5, 5.41) is 2.97. The molecule has 0 aliphatic carbocycles. The van der Waals surface area contributed by atoms with Crippen molar-refractivity contribution in [3.63, 3.8) is 0 Å². The highest BCUT2D eigenvalue weighted by Crippen LogP contribution is 2.25. The fourth-order valence-electron chi connectivity index (χ4n) is 1.45. The van der Waals surface area contributed by atoms with Crippen LogP contribution in [0.25, 0.3) is 0 Å². The molecule has 0 spiro atoms. The summed E-state index contributed by atoms with van der Waals surface area (Å²) >= 11 is 3.39. The van der Waals surface area contributed by atoms with Crippen molar-refractivity contribution in [1.82, 2.24) is 5.32 Å². The number of rotatable bonds is 4. The average Bonchev–Trinajstić information content (AvgIpc) is 2.34. The summed E-state index contributed by atoms with van der Waals surface area (Å²) in [4.78, 5) is 12.2. The zero-order valence-electron chi connectivity index (χ0n) is 12.2. The molecule has 0 heterocycles. The van der Waals surface area contributed by atoms with Crippen LogP contribution in [0.5, 0.6) is 5.75 Å². The quantitative estimate of drug-likeness (QED) is 0.911. The monoisotopic (exact) mass is 327 g/mol. The van der Waals surface area contributed by atoms with E-state index in [1.54, 1.807) is 13.2 Å². The molecular formula is C15H22BrNO2. The molecule has 1 aromatic carbocycles. The first kappa shape index (κ1) is 16.0. The van der Waals surface area contributed by atoms with Crippen LogP contribution >= 0.6 is 15.9 Å². The van der Waals surface area contributed by atoms with E-state index < -0.39 is 0 Å². The number of methoxy groups -OCH3 is 1. The molecule has 0 radical (unpaired) electrons. The molecule has 0 aliphatic rings. The Hall–Kier alpha value is -1.03. The van der Waals surface area contributed by atoms with Crippen LogP contribution in [-0.2, 0) is 0 Å². The molecule has 1 atom stereocenters. The number of benzene rings is 1. The van der Waals surface area contributed by atoms with Gasteiger partial charge in [-0.1, -0.05) is 27.7 Å². The summed E-state index contributed by atoms with van der Waals surface area (Å²) in [5.41, 5.74) is 0.777. The topological polar surface area (TPSA) is 38.3 Å². The van der Waals surface area contributed by atoms with Crippen molar-refractivity contribution in [2.24, 2.45) is 11.3 Å². The molecule has 0 saturated carbocycles. The van der Waals surface area contributed by atoms with E-state index in [1.165, 1.54) is 0 Å². The second-order valence-electron chi connectivity index (χ2n) is 5.82. The van der Waals surface area contributed by atoms with Crippen molar-refractivity contribution in [3.8, 4) is 5.75 Å². The number of halogens is 1. The second-order valence-corrected chi connectivity index (χ2v) is 6.68. The van der Waals surface area contributed by atoms with E-state index in [0.29, 0.717) is 23.8 Å². The standard InChI is InChI=1S/C15H22BrNO2/c1-10(15(2,3)4)9-17-14(18)12-8-11(19-5)6-7-13(12)16/h6-8,10H,9H2,1-5H3,(H,17,18). The molecule has 1 aromatic rings. The zero-order chi connectivity index (χ0) is 14.6. The van der Waals surface area contributed by atoms with Crippen LogP contribution in [0.1, 0.15) is 38.1 Å². The molecule has 0 aliphatic heterocycles. The van der Waals surface area contributed by atoms with E-state index in [2.05, 4.69) is 48.9 Å². The maximum atomic E-state index is 12.2. The van der Waals surface area contributed by atoms with Crippen molar-refractivity contribution in [3.05, 3.63) is 28.2 Å². The zero-order valence-corrected chi connectivity index (χ0v) is 13.8. The minimum Gasteiger partial charge on any atom is -0.497 e. The molecule has 1 rings (SSSR count). The predicted molar refractivity (Wildman–Crippen MR) is 81.6 cm³/mol. The van der Waals surface area contributed by atoms with Gasteiger partial charge in [0.1, 0.15) is 5.75 Å². The summed E-state index contributed by atoms with van der Waals surface area (Å²) in [6.07, 6.45) is 0. The van der Waals surface area contributed by atoms with Gasteiger partial charge in [-0.15, -0.1) is 0 Å². The number of nitrogens with one attached hydrogen (secondary N) is 1. The molecule has 19 heavy (non-hydrogen) atoms. The molecular weight excluding hydrogens is 306 g/mol. The van der Waals surface area contributed by atoms with Gasteiger partial charge in [0.2, 0.25) is 0 Å². The number of hydrogen-bond donors (Lipinski definition) is 1. The van der Waals surface area contributed by atoms with Crippen LogP contribution in [-0.4, -0.2) is 19.6 Å². The van der Waals surface area contributed by atoms with Crippen molar-refractivity contribution in [1.29, 1.82) is 0 Å². The Labute approximate surface area is 123 Å². The number of carbonyl (C=O) groups excluding carboxylic acids is 1. The lowest BCUT2D eigenvalue weighted by molar-refractivity contribution is 0.0936. The maximum absolute atomic E-state index is 12.2. The third kappa shape index (κ3) is 4.53. The molecule has 4 heteroatoms. The number of carbonyl (C=O) groups is 1. The lowest BCUT2D eigenvalue weighted by atomic mass is 9.82. The highest BCUT2D eigenvalue weighted by molar-refractivity contribution is 9.10. The Morgan fingerprint density at radius 3 is 2.58 bits per heavy atom. The van der Waals surface area contributed by atoms with Gasteiger partial charge in [0.05, 0.1) is 12.7 Å². The summed E-state index contributed by atoms with van der Waals surface area (Å²) < 4.78 is 5.91. The maximum Gasteiger partial charge on any atom is 0.252 e. The van der Waals surface area contributed by atoms with Gasteiger partial charge < -0.3 is 10.1 Å². The Morgan fingerprint density at radius 1 is 1.42 bits per heavy atom. The Balaban J connectivity index is 2.74. The number of hydrogen-bond acceptors (Lipinski definition) is 2. The molecule has 0 bridgehead atoms. The molecule has 3 nitrogen and oxygen atoms in total. The molecule has 0 saturated heterocycles. The van der Waals surface area contributed by atoms with Crippen LogP contribution in [0.15, 0.2) is 22.7 Å². The lowest BCUT2D eigenvalue weighted by Gasteiger charge is -2.27. The third-order valence-electron chi connectivity index (χ3n) is 3.47. The fourth-order valence-corrected chi connectivity index (χ4v) is 1.88. The van der Waals surface area contributed by atoms with Crippen LogP contribution < -0.4 is 10.1 Å². The van der Waals surface area contributed by atoms with Crippen LogP contribution in [0.3, 0.4) is 0 Å². The van der Waals surface area contributed by atoms with Gasteiger partial charge >= 0.3 is 0 Å². The van der Waals surface area contributed by atoms with Gasteiger partial charge in [0, 0.05) is 11.0 Å². The van der Waals surface area contributed by atoms with Gasteiger partial charge in [0.25, 0.3) is 5.91 Å². The third-order valence-corrected chi connectivity index (χ3v) is 4.16. The largest absolute Gasteiger partial charge is 0.497 e. The van der Waals surface area contributed by atoms with E-state index in [0.717, 1.165) is 4.47 Å². The summed E-state index contributed by atoms with van der Waals surface area (Å²) in [5.74, 6) is 1.000. The Kier molecular flexibility index (Phi) is 5.41. The van der Waals surface area contributed by atoms with E-state index in [4.69, 9.17) is 4.74 Å². The molecule has 106 valence electrons. The molecule has 0 fully saturated rings. The highest BCUT2D eigenvalue weighted by atomic mass is 79.9. The Morgan fingerprint density at radius 2 is 2.05 bits per heavy atom. The number of amides is 1. The van der Waals surface area contributed by atoms with Crippen LogP contribution in [0, 0.1) is 11.3 Å². The second kappa shape index (κ2) is 6.42. The van der Waals surface area contributed by atoms with E-state index in [1.807, 2.05) is 12.1 Å². The van der Waals surface area contributed by atoms with E-state index in [-0.39, 0.29) is 11.3 Å². The molecule has 1 unspecified atom stereocenters. The molecule has 1 N–H and O–H groups in total. The van der Waals surface area contributed by atoms with E-state index >= 15 is 0 Å². The minimum atomic E-state index is -0.0816. The molecule has 1 amide bonds. The SMILES string of the molecule is COc1ccc(Br)c(C(=O)NCC(C)C(C)(C)C)c1. The van der Waals surface area contributed by atoms with Gasteiger partial charge in [-0.05, 0) is 45.5 Å². The first-order chi connectivity index (χ1) is 8.75. The highest BCUT2D eigenvalue weighted by Gasteiger charge is 2.21. The van der Waals surface area contributed by atoms with Gasteiger partial charge in [-0.3, -0.25) is 4.79 Å². The summed E-state index contributed by atoms with van der Waals surface area (Å²) in [6.45, 7) is 9.31. The van der Waals surface area contributed by atoms with Gasteiger partial charge in [-0.25, -0.2) is 0 Å².